The molecule has 0 amide bonds. The Morgan fingerprint density at radius 3 is 2.18 bits per heavy atom. The van der Waals surface area contributed by atoms with E-state index in [1.807, 2.05) is 0 Å². The zero-order valence-corrected chi connectivity index (χ0v) is 15.8. The highest BCUT2D eigenvalue weighted by molar-refractivity contribution is 8.23. The van der Waals surface area contributed by atoms with Gasteiger partial charge in [-0.05, 0) is 42.9 Å². The highest BCUT2D eigenvalue weighted by Gasteiger charge is 2.10. The van der Waals surface area contributed by atoms with Crippen molar-refractivity contribution >= 4 is 28.3 Å². The minimum Gasteiger partial charge on any atom is -0.384 e. The van der Waals surface area contributed by atoms with Gasteiger partial charge in [0.25, 0.3) is 0 Å². The van der Waals surface area contributed by atoms with E-state index in [2.05, 4.69) is 32.0 Å². The van der Waals surface area contributed by atoms with Gasteiger partial charge in [0.2, 0.25) is 0 Å². The van der Waals surface area contributed by atoms with E-state index < -0.39 is 0 Å². The van der Waals surface area contributed by atoms with Gasteiger partial charge in [-0.2, -0.15) is 0 Å². The highest BCUT2D eigenvalue weighted by atomic mass is 32.2. The van der Waals surface area contributed by atoms with Crippen molar-refractivity contribution in [3.63, 3.8) is 0 Å². The topological polar surface area (TPSA) is 26.0 Å². The number of thiocarbonyl (C=S) groups is 1. The first-order valence-electron chi connectivity index (χ1n) is 8.77. The van der Waals surface area contributed by atoms with E-state index >= 15 is 0 Å². The van der Waals surface area contributed by atoms with Crippen molar-refractivity contribution in [2.45, 2.75) is 83.0 Å². The van der Waals surface area contributed by atoms with Crippen LogP contribution in [0.25, 0.3) is 0 Å². The second-order valence-electron chi connectivity index (χ2n) is 5.94. The quantitative estimate of drug-likeness (QED) is 0.293. The van der Waals surface area contributed by atoms with Gasteiger partial charge in [0.15, 0.2) is 0 Å². The maximum atomic E-state index is 5.75. The molecule has 0 aliphatic rings. The van der Waals surface area contributed by atoms with Gasteiger partial charge in [-0.25, -0.2) is 0 Å². The van der Waals surface area contributed by atoms with Crippen molar-refractivity contribution in [3.8, 4) is 0 Å². The number of unbranched alkanes of at least 4 members (excludes halogenated alkanes) is 6. The van der Waals surface area contributed by atoms with Crippen LogP contribution in [0.2, 0.25) is 0 Å². The molecule has 124 valence electrons. The third kappa shape index (κ3) is 7.64. The Morgan fingerprint density at radius 1 is 0.955 bits per heavy atom. The van der Waals surface area contributed by atoms with Crippen molar-refractivity contribution in [2.24, 2.45) is 5.73 Å². The predicted molar refractivity (Wildman–Crippen MR) is 105 cm³/mol. The largest absolute Gasteiger partial charge is 0.384 e. The van der Waals surface area contributed by atoms with E-state index in [9.17, 15) is 0 Å². The van der Waals surface area contributed by atoms with Crippen LogP contribution in [-0.4, -0.2) is 4.32 Å². The monoisotopic (exact) mass is 337 g/mol. The minimum atomic E-state index is 0.526. The summed E-state index contributed by atoms with van der Waals surface area (Å²) >= 11 is 6.65. The molecule has 1 nitrogen and oxygen atoms in total. The first-order chi connectivity index (χ1) is 10.7. The number of aryl methyl sites for hydroxylation is 1. The Hall–Kier alpha value is -0.540. The van der Waals surface area contributed by atoms with E-state index in [0.29, 0.717) is 4.32 Å². The van der Waals surface area contributed by atoms with Crippen LogP contribution in [0.1, 0.15) is 76.3 Å². The normalized spacial score (nSPS) is 10.8. The van der Waals surface area contributed by atoms with Crippen LogP contribution in [-0.2, 0) is 12.8 Å². The van der Waals surface area contributed by atoms with Crippen LogP contribution in [0.5, 0.6) is 0 Å². The molecular formula is C19H31NS2. The van der Waals surface area contributed by atoms with E-state index in [-0.39, 0.29) is 0 Å². The highest BCUT2D eigenvalue weighted by Crippen LogP contribution is 2.28. The van der Waals surface area contributed by atoms with Crippen LogP contribution in [0.15, 0.2) is 23.1 Å². The summed E-state index contributed by atoms with van der Waals surface area (Å²) in [5.74, 6) is 0. The SMILES string of the molecule is CCCCCCc1cccc(SC(N)=S)c1CCCCCC. The summed E-state index contributed by atoms with van der Waals surface area (Å²) in [6.07, 6.45) is 12.8. The fourth-order valence-electron chi connectivity index (χ4n) is 2.80. The molecule has 0 radical (unpaired) electrons. The molecule has 2 N–H and O–H groups in total. The molecule has 0 aromatic heterocycles. The summed E-state index contributed by atoms with van der Waals surface area (Å²) in [6, 6.07) is 6.63. The van der Waals surface area contributed by atoms with E-state index in [4.69, 9.17) is 18.0 Å². The van der Waals surface area contributed by atoms with Gasteiger partial charge in [0, 0.05) is 4.90 Å². The zero-order valence-electron chi connectivity index (χ0n) is 14.2. The lowest BCUT2D eigenvalue weighted by Crippen LogP contribution is -2.04. The fourth-order valence-corrected chi connectivity index (χ4v) is 3.79. The van der Waals surface area contributed by atoms with Gasteiger partial charge in [0.05, 0.1) is 0 Å². The van der Waals surface area contributed by atoms with Crippen LogP contribution >= 0.6 is 24.0 Å². The van der Waals surface area contributed by atoms with Gasteiger partial charge in [-0.15, -0.1) is 0 Å². The third-order valence-corrected chi connectivity index (χ3v) is 5.07. The van der Waals surface area contributed by atoms with Crippen LogP contribution in [0.4, 0.5) is 0 Å². The van der Waals surface area contributed by atoms with Crippen LogP contribution in [0, 0.1) is 0 Å². The number of thioether (sulfide) groups is 1. The minimum absolute atomic E-state index is 0.526. The predicted octanol–water partition coefficient (Wildman–Crippen LogP) is 6.27. The molecule has 0 fully saturated rings. The summed E-state index contributed by atoms with van der Waals surface area (Å²) in [7, 11) is 0. The van der Waals surface area contributed by atoms with Crippen molar-refractivity contribution in [2.75, 3.05) is 0 Å². The number of hydrogen-bond donors (Lipinski definition) is 1. The molecule has 0 aliphatic heterocycles. The molecule has 0 aliphatic carbocycles. The smallest absolute Gasteiger partial charge is 0.136 e. The summed E-state index contributed by atoms with van der Waals surface area (Å²) in [5, 5.41) is 0. The standard InChI is InChI=1S/C19H31NS2/c1-3-5-7-9-12-16-13-11-15-18(22-19(20)21)17(16)14-10-8-6-4-2/h11,13,15H,3-10,12,14H2,1-2H3,(H2,20,21). The molecule has 0 saturated heterocycles. The molecule has 0 atom stereocenters. The Morgan fingerprint density at radius 2 is 1.59 bits per heavy atom. The molecule has 1 aromatic rings. The number of nitrogens with two attached hydrogens (primary N) is 1. The van der Waals surface area contributed by atoms with Crippen molar-refractivity contribution in [1.29, 1.82) is 0 Å². The maximum absolute atomic E-state index is 5.75. The summed E-state index contributed by atoms with van der Waals surface area (Å²) in [6.45, 7) is 4.52. The molecule has 0 spiro atoms. The molecule has 0 unspecified atom stereocenters. The second-order valence-corrected chi connectivity index (χ2v) is 7.72. The number of benzene rings is 1. The molecule has 22 heavy (non-hydrogen) atoms. The number of hydrogen-bond acceptors (Lipinski definition) is 2. The third-order valence-electron chi connectivity index (χ3n) is 4.02. The first-order valence-corrected chi connectivity index (χ1v) is 9.99. The van der Waals surface area contributed by atoms with Crippen molar-refractivity contribution < 1.29 is 0 Å². The van der Waals surface area contributed by atoms with E-state index in [1.165, 1.54) is 73.8 Å². The Balaban J connectivity index is 2.75. The Kier molecular flexibility index (Phi) is 10.6. The van der Waals surface area contributed by atoms with Gasteiger partial charge in [-0.3, -0.25) is 0 Å². The lowest BCUT2D eigenvalue weighted by molar-refractivity contribution is 0.647. The van der Waals surface area contributed by atoms with Crippen molar-refractivity contribution in [1.82, 2.24) is 0 Å². The van der Waals surface area contributed by atoms with E-state index in [1.54, 1.807) is 11.8 Å². The zero-order chi connectivity index (χ0) is 16.2. The summed E-state index contributed by atoms with van der Waals surface area (Å²) in [5.41, 5.74) is 8.76. The summed E-state index contributed by atoms with van der Waals surface area (Å²) in [4.78, 5) is 1.27. The molecule has 1 rings (SSSR count). The Labute approximate surface area is 146 Å². The fraction of sp³-hybridized carbons (Fsp3) is 0.632. The Bertz CT molecular complexity index is 443. The van der Waals surface area contributed by atoms with Crippen LogP contribution in [0.3, 0.4) is 0 Å². The first kappa shape index (κ1) is 19.5. The maximum Gasteiger partial charge on any atom is 0.136 e. The van der Waals surface area contributed by atoms with Crippen LogP contribution < -0.4 is 5.73 Å². The average molecular weight is 338 g/mol. The van der Waals surface area contributed by atoms with Gasteiger partial charge in [0.1, 0.15) is 4.32 Å². The molecule has 0 bridgehead atoms. The summed E-state index contributed by atoms with van der Waals surface area (Å²) < 4.78 is 0.526. The molecular weight excluding hydrogens is 306 g/mol. The second kappa shape index (κ2) is 12.0. The molecule has 0 heterocycles. The van der Waals surface area contributed by atoms with E-state index in [0.717, 1.165) is 6.42 Å². The van der Waals surface area contributed by atoms with Gasteiger partial charge < -0.3 is 5.73 Å². The van der Waals surface area contributed by atoms with Gasteiger partial charge in [-0.1, -0.05) is 88.5 Å². The van der Waals surface area contributed by atoms with Gasteiger partial charge >= 0.3 is 0 Å². The molecule has 0 saturated carbocycles. The number of rotatable bonds is 11. The lowest BCUT2D eigenvalue weighted by Gasteiger charge is -2.14. The average Bonchev–Trinajstić information content (AvgIpc) is 2.49. The molecule has 1 aromatic carbocycles. The molecule has 3 heteroatoms. The van der Waals surface area contributed by atoms with Crippen molar-refractivity contribution in [3.05, 3.63) is 29.3 Å². The lowest BCUT2D eigenvalue weighted by atomic mass is 9.96.